The van der Waals surface area contributed by atoms with Gasteiger partial charge in [0.15, 0.2) is 0 Å². The van der Waals surface area contributed by atoms with E-state index in [0.29, 0.717) is 6.04 Å². The van der Waals surface area contributed by atoms with Gasteiger partial charge in [-0.05, 0) is 34.3 Å². The summed E-state index contributed by atoms with van der Waals surface area (Å²) in [5.74, 6) is 0.144. The molecule has 0 radical (unpaired) electrons. The van der Waals surface area contributed by atoms with Crippen LogP contribution in [0.25, 0.3) is 0 Å². The Hall–Kier alpha value is -0.390. The summed E-state index contributed by atoms with van der Waals surface area (Å²) >= 11 is 4.89. The van der Waals surface area contributed by atoms with Crippen LogP contribution in [0.4, 0.5) is 0 Å². The molecular weight excluding hydrogens is 276 g/mol. The molecule has 0 spiro atoms. The summed E-state index contributed by atoms with van der Waals surface area (Å²) in [6.45, 7) is 4.58. The van der Waals surface area contributed by atoms with Gasteiger partial charge >= 0.3 is 0 Å². The van der Waals surface area contributed by atoms with E-state index in [1.54, 1.807) is 0 Å². The maximum absolute atomic E-state index is 12.1. The Morgan fingerprint density at radius 1 is 1.73 bits per heavy atom. The molecule has 82 valence electrons. The van der Waals surface area contributed by atoms with Crippen LogP contribution in [0.2, 0.25) is 0 Å². The van der Waals surface area contributed by atoms with Crippen molar-refractivity contribution in [1.82, 2.24) is 10.2 Å². The van der Waals surface area contributed by atoms with E-state index in [1.165, 1.54) is 11.3 Å². The summed E-state index contributed by atoms with van der Waals surface area (Å²) < 4.78 is 0.906. The van der Waals surface area contributed by atoms with Crippen LogP contribution in [0.5, 0.6) is 0 Å². The highest BCUT2D eigenvalue weighted by atomic mass is 79.9. The molecule has 1 fully saturated rings. The van der Waals surface area contributed by atoms with Gasteiger partial charge in [0, 0.05) is 30.1 Å². The second kappa shape index (κ2) is 4.63. The molecule has 2 heterocycles. The monoisotopic (exact) mass is 288 g/mol. The normalized spacial score (nSPS) is 21.7. The molecule has 0 bridgehead atoms. The largest absolute Gasteiger partial charge is 0.335 e. The minimum atomic E-state index is 0.144. The molecule has 15 heavy (non-hydrogen) atoms. The number of hydrogen-bond acceptors (Lipinski definition) is 3. The van der Waals surface area contributed by atoms with E-state index in [4.69, 9.17) is 0 Å². The lowest BCUT2D eigenvalue weighted by Crippen LogP contribution is -2.51. The number of rotatable bonds is 1. The molecule has 0 saturated carbocycles. The van der Waals surface area contributed by atoms with Gasteiger partial charge in [-0.2, -0.15) is 0 Å². The van der Waals surface area contributed by atoms with Crippen molar-refractivity contribution in [3.8, 4) is 0 Å². The molecule has 1 amide bonds. The van der Waals surface area contributed by atoms with E-state index in [1.807, 2.05) is 16.3 Å². The van der Waals surface area contributed by atoms with Crippen LogP contribution in [0, 0.1) is 0 Å². The average Bonchev–Trinajstić information content (AvgIpc) is 2.63. The molecule has 5 heteroatoms. The predicted molar refractivity (Wildman–Crippen MR) is 65.4 cm³/mol. The minimum absolute atomic E-state index is 0.144. The molecule has 1 unspecified atom stereocenters. The topological polar surface area (TPSA) is 32.3 Å². The van der Waals surface area contributed by atoms with Crippen molar-refractivity contribution in [2.24, 2.45) is 0 Å². The van der Waals surface area contributed by atoms with Gasteiger partial charge in [-0.3, -0.25) is 4.79 Å². The first-order valence-corrected chi connectivity index (χ1v) is 6.61. The Balaban J connectivity index is 2.11. The summed E-state index contributed by atoms with van der Waals surface area (Å²) in [7, 11) is 0. The number of nitrogens with zero attached hydrogens (tertiary/aromatic N) is 1. The SMILES string of the molecule is CC1CN(C(=O)c2sccc2Br)CCN1. The Morgan fingerprint density at radius 2 is 2.53 bits per heavy atom. The Kier molecular flexibility index (Phi) is 3.43. The summed E-state index contributed by atoms with van der Waals surface area (Å²) in [6.07, 6.45) is 0. The van der Waals surface area contributed by atoms with Gasteiger partial charge in [-0.25, -0.2) is 0 Å². The first kappa shape index (κ1) is 11.1. The predicted octanol–water partition coefficient (Wildman–Crippen LogP) is 1.94. The van der Waals surface area contributed by atoms with Gasteiger partial charge in [0.2, 0.25) is 0 Å². The third-order valence-electron chi connectivity index (χ3n) is 2.47. The summed E-state index contributed by atoms with van der Waals surface area (Å²) in [5.41, 5.74) is 0. The van der Waals surface area contributed by atoms with E-state index in [9.17, 15) is 4.79 Å². The summed E-state index contributed by atoms with van der Waals surface area (Å²) in [6, 6.07) is 2.31. The van der Waals surface area contributed by atoms with E-state index in [-0.39, 0.29) is 5.91 Å². The smallest absolute Gasteiger partial charge is 0.265 e. The Labute approximate surface area is 102 Å². The number of halogens is 1. The molecule has 3 nitrogen and oxygen atoms in total. The first-order chi connectivity index (χ1) is 7.18. The van der Waals surface area contributed by atoms with Crippen LogP contribution >= 0.6 is 27.3 Å². The fourth-order valence-electron chi connectivity index (χ4n) is 1.71. The lowest BCUT2D eigenvalue weighted by molar-refractivity contribution is 0.0713. The van der Waals surface area contributed by atoms with Crippen molar-refractivity contribution in [2.45, 2.75) is 13.0 Å². The van der Waals surface area contributed by atoms with Crippen molar-refractivity contribution in [2.75, 3.05) is 19.6 Å². The summed E-state index contributed by atoms with van der Waals surface area (Å²) in [5, 5.41) is 5.26. The molecular formula is C10H13BrN2OS. The maximum Gasteiger partial charge on any atom is 0.265 e. The fourth-order valence-corrected chi connectivity index (χ4v) is 3.21. The quantitative estimate of drug-likeness (QED) is 0.857. The second-order valence-corrected chi connectivity index (χ2v) is 5.47. The molecule has 1 N–H and O–H groups in total. The number of amides is 1. The van der Waals surface area contributed by atoms with Crippen molar-refractivity contribution in [3.63, 3.8) is 0 Å². The molecule has 0 aliphatic carbocycles. The zero-order valence-electron chi connectivity index (χ0n) is 8.50. The van der Waals surface area contributed by atoms with Crippen molar-refractivity contribution < 1.29 is 4.79 Å². The average molecular weight is 289 g/mol. The molecule has 1 aliphatic rings. The highest BCUT2D eigenvalue weighted by Gasteiger charge is 2.23. The lowest BCUT2D eigenvalue weighted by atomic mass is 10.2. The molecule has 1 aromatic rings. The van der Waals surface area contributed by atoms with E-state index >= 15 is 0 Å². The third kappa shape index (κ3) is 2.41. The van der Waals surface area contributed by atoms with Gasteiger partial charge in [-0.1, -0.05) is 0 Å². The van der Waals surface area contributed by atoms with E-state index in [2.05, 4.69) is 28.2 Å². The number of thiophene rings is 1. The van der Waals surface area contributed by atoms with E-state index < -0.39 is 0 Å². The number of hydrogen-bond donors (Lipinski definition) is 1. The van der Waals surface area contributed by atoms with Crippen molar-refractivity contribution >= 4 is 33.2 Å². The van der Waals surface area contributed by atoms with Gasteiger partial charge in [0.1, 0.15) is 4.88 Å². The number of carbonyl (C=O) groups excluding carboxylic acids is 1. The minimum Gasteiger partial charge on any atom is -0.335 e. The fraction of sp³-hybridized carbons (Fsp3) is 0.500. The van der Waals surface area contributed by atoms with Crippen molar-refractivity contribution in [1.29, 1.82) is 0 Å². The Bertz CT molecular complexity index is 366. The van der Waals surface area contributed by atoms with Gasteiger partial charge in [0.05, 0.1) is 0 Å². The van der Waals surface area contributed by atoms with Crippen LogP contribution in [0.15, 0.2) is 15.9 Å². The highest BCUT2D eigenvalue weighted by Crippen LogP contribution is 2.24. The zero-order valence-corrected chi connectivity index (χ0v) is 10.9. The zero-order chi connectivity index (χ0) is 10.8. The Morgan fingerprint density at radius 3 is 3.13 bits per heavy atom. The van der Waals surface area contributed by atoms with E-state index in [0.717, 1.165) is 29.0 Å². The van der Waals surface area contributed by atoms with Crippen LogP contribution < -0.4 is 5.32 Å². The van der Waals surface area contributed by atoms with Crippen molar-refractivity contribution in [3.05, 3.63) is 20.8 Å². The number of piperazine rings is 1. The number of carbonyl (C=O) groups is 1. The highest BCUT2D eigenvalue weighted by molar-refractivity contribution is 9.10. The molecule has 1 saturated heterocycles. The molecule has 1 aliphatic heterocycles. The molecule has 2 rings (SSSR count). The first-order valence-electron chi connectivity index (χ1n) is 4.94. The number of nitrogens with one attached hydrogen (secondary N) is 1. The van der Waals surface area contributed by atoms with Gasteiger partial charge < -0.3 is 10.2 Å². The third-order valence-corrected chi connectivity index (χ3v) is 4.29. The van der Waals surface area contributed by atoms with Gasteiger partial charge in [0.25, 0.3) is 5.91 Å². The maximum atomic E-state index is 12.1. The molecule has 0 aromatic carbocycles. The lowest BCUT2D eigenvalue weighted by Gasteiger charge is -2.31. The van der Waals surface area contributed by atoms with Crippen LogP contribution in [-0.2, 0) is 0 Å². The molecule has 1 atom stereocenters. The standard InChI is InChI=1S/C10H13BrN2OS/c1-7-6-13(4-3-12-7)10(14)9-8(11)2-5-15-9/h2,5,7,12H,3-4,6H2,1H3. The second-order valence-electron chi connectivity index (χ2n) is 3.70. The van der Waals surface area contributed by atoms with Crippen LogP contribution in [-0.4, -0.2) is 36.5 Å². The van der Waals surface area contributed by atoms with Crippen LogP contribution in [0.1, 0.15) is 16.6 Å². The van der Waals surface area contributed by atoms with Crippen LogP contribution in [0.3, 0.4) is 0 Å². The van der Waals surface area contributed by atoms with Gasteiger partial charge in [-0.15, -0.1) is 11.3 Å². The summed E-state index contributed by atoms with van der Waals surface area (Å²) in [4.78, 5) is 14.8. The molecule has 1 aromatic heterocycles.